The molecule has 96 valence electrons. The summed E-state index contributed by atoms with van der Waals surface area (Å²) in [5.74, 6) is 0.148. The van der Waals surface area contributed by atoms with Crippen molar-refractivity contribution in [1.29, 1.82) is 0 Å². The van der Waals surface area contributed by atoms with Gasteiger partial charge in [-0.05, 0) is 18.2 Å². The van der Waals surface area contributed by atoms with Crippen LogP contribution in [0.15, 0.2) is 23.2 Å². The van der Waals surface area contributed by atoms with E-state index in [0.29, 0.717) is 15.7 Å². The number of benzene rings is 1. The summed E-state index contributed by atoms with van der Waals surface area (Å²) in [6.45, 7) is 1.61. The molecule has 2 rings (SSSR count). The van der Waals surface area contributed by atoms with Gasteiger partial charge in [0.15, 0.2) is 5.17 Å². The fourth-order valence-corrected chi connectivity index (χ4v) is 2.45. The molecule has 1 aliphatic heterocycles. The number of hydrogen-bond donors (Lipinski definition) is 2. The lowest BCUT2D eigenvalue weighted by atomic mass is 10.3. The van der Waals surface area contributed by atoms with E-state index in [1.807, 2.05) is 0 Å². The summed E-state index contributed by atoms with van der Waals surface area (Å²) in [6.07, 6.45) is 0. The van der Waals surface area contributed by atoms with Crippen LogP contribution in [0.5, 0.6) is 0 Å². The molecule has 0 atom stereocenters. The lowest BCUT2D eigenvalue weighted by Gasteiger charge is -2.07. The van der Waals surface area contributed by atoms with Crippen LogP contribution in [0.4, 0.5) is 5.69 Å². The van der Waals surface area contributed by atoms with Crippen LogP contribution < -0.4 is 10.6 Å². The third kappa shape index (κ3) is 3.80. The van der Waals surface area contributed by atoms with E-state index in [0.717, 1.165) is 18.3 Å². The number of anilines is 1. The van der Waals surface area contributed by atoms with Crippen molar-refractivity contribution in [3.8, 4) is 0 Å². The van der Waals surface area contributed by atoms with E-state index in [4.69, 9.17) is 23.2 Å². The molecule has 0 saturated carbocycles. The predicted molar refractivity (Wildman–Crippen MR) is 77.9 cm³/mol. The maximum Gasteiger partial charge on any atom is 0.234 e. The minimum Gasteiger partial charge on any atom is -0.363 e. The number of aliphatic imine (C=N–C) groups is 1. The van der Waals surface area contributed by atoms with Gasteiger partial charge in [0.1, 0.15) is 0 Å². The predicted octanol–water partition coefficient (Wildman–Crippen LogP) is 2.62. The third-order valence-electron chi connectivity index (χ3n) is 2.19. The Hall–Kier alpha value is -0.910. The summed E-state index contributed by atoms with van der Waals surface area (Å²) in [4.78, 5) is 15.9. The number of carbonyl (C=O) groups is 1. The maximum absolute atomic E-state index is 11.7. The number of hydrogen-bond acceptors (Lipinski definition) is 4. The van der Waals surface area contributed by atoms with Gasteiger partial charge in [-0.15, -0.1) is 0 Å². The number of rotatable bonds is 3. The molecule has 18 heavy (non-hydrogen) atoms. The molecule has 1 amide bonds. The summed E-state index contributed by atoms with van der Waals surface area (Å²) in [6, 6.07) is 4.94. The fraction of sp³-hybridized carbons (Fsp3) is 0.273. The molecule has 4 nitrogen and oxygen atoms in total. The van der Waals surface area contributed by atoms with E-state index in [9.17, 15) is 4.79 Å². The van der Waals surface area contributed by atoms with Gasteiger partial charge < -0.3 is 10.6 Å². The smallest absolute Gasteiger partial charge is 0.234 e. The SMILES string of the molecule is O=C(CSC1=NCCN1)Nc1cc(Cl)ccc1Cl. The van der Waals surface area contributed by atoms with Crippen molar-refractivity contribution in [3.05, 3.63) is 28.2 Å². The molecule has 0 radical (unpaired) electrons. The quantitative estimate of drug-likeness (QED) is 0.902. The molecule has 0 fully saturated rings. The van der Waals surface area contributed by atoms with Gasteiger partial charge in [0.25, 0.3) is 0 Å². The molecule has 0 aliphatic carbocycles. The Morgan fingerprint density at radius 3 is 3.06 bits per heavy atom. The number of nitrogens with one attached hydrogen (secondary N) is 2. The third-order valence-corrected chi connectivity index (χ3v) is 3.70. The molecule has 0 spiro atoms. The zero-order valence-corrected chi connectivity index (χ0v) is 11.7. The monoisotopic (exact) mass is 303 g/mol. The fourth-order valence-electron chi connectivity index (χ4n) is 1.39. The van der Waals surface area contributed by atoms with Crippen LogP contribution in [-0.2, 0) is 4.79 Å². The van der Waals surface area contributed by atoms with E-state index in [1.54, 1.807) is 18.2 Å². The van der Waals surface area contributed by atoms with E-state index in [-0.39, 0.29) is 11.7 Å². The minimum atomic E-state index is -0.138. The number of amides is 1. The van der Waals surface area contributed by atoms with Gasteiger partial charge in [0, 0.05) is 11.6 Å². The highest BCUT2D eigenvalue weighted by Gasteiger charge is 2.10. The topological polar surface area (TPSA) is 53.5 Å². The van der Waals surface area contributed by atoms with Crippen molar-refractivity contribution >= 4 is 51.7 Å². The second-order valence-corrected chi connectivity index (χ2v) is 5.38. The first-order valence-corrected chi connectivity index (χ1v) is 7.05. The van der Waals surface area contributed by atoms with Crippen LogP contribution in [0.1, 0.15) is 0 Å². The molecule has 0 unspecified atom stereocenters. The molecule has 1 aromatic carbocycles. The van der Waals surface area contributed by atoms with E-state index >= 15 is 0 Å². The average Bonchev–Trinajstić information content (AvgIpc) is 2.84. The highest BCUT2D eigenvalue weighted by atomic mass is 35.5. The molecule has 0 bridgehead atoms. The number of carbonyl (C=O) groups excluding carboxylic acids is 1. The van der Waals surface area contributed by atoms with Crippen molar-refractivity contribution in [2.45, 2.75) is 0 Å². The second kappa shape index (κ2) is 6.31. The van der Waals surface area contributed by atoms with Crippen LogP contribution in [0.2, 0.25) is 10.0 Å². The van der Waals surface area contributed by atoms with Crippen LogP contribution in [0.3, 0.4) is 0 Å². The van der Waals surface area contributed by atoms with Gasteiger partial charge in [-0.25, -0.2) is 0 Å². The van der Waals surface area contributed by atoms with Crippen molar-refractivity contribution in [2.75, 3.05) is 24.2 Å². The molecule has 7 heteroatoms. The standard InChI is InChI=1S/C11H11Cl2N3OS/c12-7-1-2-8(13)9(5-7)16-10(17)6-18-11-14-3-4-15-11/h1-2,5H,3-4,6H2,(H,14,15)(H,16,17). The zero-order valence-electron chi connectivity index (χ0n) is 9.37. The van der Waals surface area contributed by atoms with Gasteiger partial charge in [0.05, 0.1) is 23.0 Å². The second-order valence-electron chi connectivity index (χ2n) is 3.57. The molecule has 2 N–H and O–H groups in total. The Kier molecular flexibility index (Phi) is 4.74. The molecular formula is C11H11Cl2N3OS. The van der Waals surface area contributed by atoms with Gasteiger partial charge in [0.2, 0.25) is 5.91 Å². The first-order chi connectivity index (χ1) is 8.65. The Bertz CT molecular complexity index is 493. The lowest BCUT2D eigenvalue weighted by molar-refractivity contribution is -0.113. The molecular weight excluding hydrogens is 293 g/mol. The molecule has 0 aromatic heterocycles. The molecule has 1 heterocycles. The first kappa shape index (κ1) is 13.5. The zero-order chi connectivity index (χ0) is 13.0. The highest BCUT2D eigenvalue weighted by Crippen LogP contribution is 2.25. The molecule has 1 aliphatic rings. The van der Waals surface area contributed by atoms with Crippen LogP contribution in [0.25, 0.3) is 0 Å². The summed E-state index contributed by atoms with van der Waals surface area (Å²) in [5.41, 5.74) is 0.524. The summed E-state index contributed by atoms with van der Waals surface area (Å²) >= 11 is 13.2. The Labute approximate surface area is 119 Å². The summed E-state index contributed by atoms with van der Waals surface area (Å²) in [5, 5.41) is 7.60. The van der Waals surface area contributed by atoms with Gasteiger partial charge in [-0.1, -0.05) is 35.0 Å². The number of thioether (sulfide) groups is 1. The van der Waals surface area contributed by atoms with Gasteiger partial charge >= 0.3 is 0 Å². The minimum absolute atomic E-state index is 0.138. The number of nitrogens with zero attached hydrogens (tertiary/aromatic N) is 1. The largest absolute Gasteiger partial charge is 0.363 e. The van der Waals surface area contributed by atoms with Crippen LogP contribution in [0, 0.1) is 0 Å². The van der Waals surface area contributed by atoms with Crippen molar-refractivity contribution < 1.29 is 4.79 Å². The Morgan fingerprint density at radius 2 is 2.33 bits per heavy atom. The Morgan fingerprint density at radius 1 is 1.50 bits per heavy atom. The van der Waals surface area contributed by atoms with Crippen molar-refractivity contribution in [1.82, 2.24) is 5.32 Å². The summed E-state index contributed by atoms with van der Waals surface area (Å²) < 4.78 is 0. The molecule has 0 saturated heterocycles. The molecule has 1 aromatic rings. The number of amidine groups is 1. The van der Waals surface area contributed by atoms with E-state index in [1.165, 1.54) is 11.8 Å². The Balaban J connectivity index is 1.88. The van der Waals surface area contributed by atoms with E-state index in [2.05, 4.69) is 15.6 Å². The summed E-state index contributed by atoms with van der Waals surface area (Å²) in [7, 11) is 0. The van der Waals surface area contributed by atoms with Gasteiger partial charge in [-0.2, -0.15) is 0 Å². The normalized spacial score (nSPS) is 14.0. The highest BCUT2D eigenvalue weighted by molar-refractivity contribution is 8.14. The maximum atomic E-state index is 11.7. The number of halogens is 2. The van der Waals surface area contributed by atoms with E-state index < -0.39 is 0 Å². The van der Waals surface area contributed by atoms with Crippen LogP contribution in [-0.4, -0.2) is 29.9 Å². The van der Waals surface area contributed by atoms with Crippen molar-refractivity contribution in [2.24, 2.45) is 4.99 Å². The van der Waals surface area contributed by atoms with Gasteiger partial charge in [-0.3, -0.25) is 9.79 Å². The first-order valence-electron chi connectivity index (χ1n) is 5.31. The van der Waals surface area contributed by atoms with Crippen molar-refractivity contribution in [3.63, 3.8) is 0 Å². The average molecular weight is 304 g/mol. The van der Waals surface area contributed by atoms with Crippen LogP contribution >= 0.6 is 35.0 Å². The lowest BCUT2D eigenvalue weighted by Crippen LogP contribution is -2.20.